The zero-order valence-electron chi connectivity index (χ0n) is 14.2. The second-order valence-electron chi connectivity index (χ2n) is 5.96. The lowest BCUT2D eigenvalue weighted by molar-refractivity contribution is -0.137. The van der Waals surface area contributed by atoms with Crippen LogP contribution in [-0.2, 0) is 14.3 Å². The molecule has 0 amide bonds. The number of halogens is 1. The third-order valence-electron chi connectivity index (χ3n) is 3.60. The maximum absolute atomic E-state index is 12.0. The van der Waals surface area contributed by atoms with Crippen molar-refractivity contribution < 1.29 is 19.1 Å². The third-order valence-corrected chi connectivity index (χ3v) is 3.93. The molecule has 26 heavy (non-hydrogen) atoms. The molecule has 2 aromatic rings. The Morgan fingerprint density at radius 3 is 2.50 bits per heavy atom. The van der Waals surface area contributed by atoms with Gasteiger partial charge in [-0.15, -0.1) is 0 Å². The highest BCUT2D eigenvalue weighted by Crippen LogP contribution is 2.24. The lowest BCUT2D eigenvalue weighted by Gasteiger charge is -2.06. The molecular weight excluding hydrogens is 354 g/mol. The number of aliphatic imine (C=N–C) groups is 1. The van der Waals surface area contributed by atoms with Gasteiger partial charge in [0.05, 0.1) is 16.5 Å². The molecule has 5 nitrogen and oxygen atoms in total. The largest absolute Gasteiger partial charge is 0.426 e. The van der Waals surface area contributed by atoms with Crippen molar-refractivity contribution in [3.05, 3.63) is 70.4 Å². The second-order valence-corrected chi connectivity index (χ2v) is 6.37. The van der Waals surface area contributed by atoms with Crippen LogP contribution in [0.3, 0.4) is 0 Å². The molecule has 0 radical (unpaired) electrons. The number of ether oxygens (including phenoxy) is 2. The normalized spacial score (nSPS) is 15.2. The van der Waals surface area contributed by atoms with Crippen LogP contribution in [-0.4, -0.2) is 17.8 Å². The summed E-state index contributed by atoms with van der Waals surface area (Å²) < 4.78 is 10.4. The average Bonchev–Trinajstić information content (AvgIpc) is 2.97. The average molecular weight is 370 g/mol. The standard InChI is InChI=1S/C20H16ClNO4/c1-12(2)19(23)25-14-9-7-13(8-10-14)11-17-20(24)26-18(22-17)15-5-3-4-6-16(15)21/h3-12H,1-2H3/b17-11+. The summed E-state index contributed by atoms with van der Waals surface area (Å²) in [5.74, 6) is -0.434. The summed E-state index contributed by atoms with van der Waals surface area (Å²) in [6, 6.07) is 13.8. The minimum absolute atomic E-state index is 0.173. The molecule has 2 aromatic carbocycles. The zero-order valence-corrected chi connectivity index (χ0v) is 15.0. The highest BCUT2D eigenvalue weighted by molar-refractivity contribution is 6.34. The first-order valence-corrected chi connectivity index (χ1v) is 8.41. The van der Waals surface area contributed by atoms with Crippen LogP contribution in [0.5, 0.6) is 5.75 Å². The predicted octanol–water partition coefficient (Wildman–Crippen LogP) is 4.25. The minimum atomic E-state index is -0.546. The molecule has 0 atom stereocenters. The Bertz CT molecular complexity index is 914. The molecule has 1 aliphatic heterocycles. The Kier molecular flexibility index (Phi) is 5.19. The summed E-state index contributed by atoms with van der Waals surface area (Å²) in [6.45, 7) is 3.53. The number of esters is 2. The van der Waals surface area contributed by atoms with Crippen LogP contribution in [0, 0.1) is 5.92 Å². The van der Waals surface area contributed by atoms with E-state index in [1.54, 1.807) is 68.5 Å². The van der Waals surface area contributed by atoms with Gasteiger partial charge < -0.3 is 9.47 Å². The molecular formula is C20H16ClNO4. The van der Waals surface area contributed by atoms with Gasteiger partial charge in [0.15, 0.2) is 5.70 Å². The molecule has 0 saturated heterocycles. The maximum atomic E-state index is 12.0. The lowest BCUT2D eigenvalue weighted by Crippen LogP contribution is -2.14. The first kappa shape index (κ1) is 17.9. The molecule has 3 rings (SSSR count). The Hall–Kier alpha value is -2.92. The Morgan fingerprint density at radius 1 is 1.15 bits per heavy atom. The molecule has 0 spiro atoms. The van der Waals surface area contributed by atoms with E-state index in [0.717, 1.165) is 5.56 Å². The summed E-state index contributed by atoms with van der Waals surface area (Å²) in [5, 5.41) is 0.455. The molecule has 1 heterocycles. The van der Waals surface area contributed by atoms with Crippen molar-refractivity contribution in [3.8, 4) is 5.75 Å². The summed E-state index contributed by atoms with van der Waals surface area (Å²) in [7, 11) is 0. The smallest absolute Gasteiger partial charge is 0.363 e. The van der Waals surface area contributed by atoms with E-state index >= 15 is 0 Å². The molecule has 0 unspecified atom stereocenters. The highest BCUT2D eigenvalue weighted by atomic mass is 35.5. The van der Waals surface area contributed by atoms with Crippen LogP contribution in [0.2, 0.25) is 5.02 Å². The van der Waals surface area contributed by atoms with Crippen molar-refractivity contribution >= 4 is 35.5 Å². The number of hydrogen-bond donors (Lipinski definition) is 0. The number of carbonyl (C=O) groups excluding carboxylic acids is 2. The van der Waals surface area contributed by atoms with Gasteiger partial charge in [-0.1, -0.05) is 49.7 Å². The highest BCUT2D eigenvalue weighted by Gasteiger charge is 2.25. The lowest BCUT2D eigenvalue weighted by atomic mass is 10.2. The van der Waals surface area contributed by atoms with Crippen LogP contribution in [0.1, 0.15) is 25.0 Å². The molecule has 0 aromatic heterocycles. The number of benzene rings is 2. The number of carbonyl (C=O) groups is 2. The Balaban J connectivity index is 1.80. The fourth-order valence-electron chi connectivity index (χ4n) is 2.18. The fraction of sp³-hybridized carbons (Fsp3) is 0.150. The Morgan fingerprint density at radius 2 is 1.85 bits per heavy atom. The van der Waals surface area contributed by atoms with Gasteiger partial charge in [-0.25, -0.2) is 9.79 Å². The number of hydrogen-bond acceptors (Lipinski definition) is 5. The van der Waals surface area contributed by atoms with Crippen LogP contribution in [0.4, 0.5) is 0 Å². The minimum Gasteiger partial charge on any atom is -0.426 e. The molecule has 6 heteroatoms. The van der Waals surface area contributed by atoms with Crippen LogP contribution < -0.4 is 4.74 Å². The summed E-state index contributed by atoms with van der Waals surface area (Å²) >= 11 is 6.11. The van der Waals surface area contributed by atoms with E-state index in [1.807, 2.05) is 0 Å². The first-order chi connectivity index (χ1) is 12.4. The summed E-state index contributed by atoms with van der Waals surface area (Å²) in [5.41, 5.74) is 1.46. The van der Waals surface area contributed by atoms with E-state index < -0.39 is 5.97 Å². The van der Waals surface area contributed by atoms with Crippen molar-refractivity contribution in [2.45, 2.75) is 13.8 Å². The van der Waals surface area contributed by atoms with Gasteiger partial charge in [0.1, 0.15) is 5.75 Å². The van der Waals surface area contributed by atoms with Crippen molar-refractivity contribution in [2.24, 2.45) is 10.9 Å². The van der Waals surface area contributed by atoms with Crippen LogP contribution in [0.25, 0.3) is 6.08 Å². The quantitative estimate of drug-likeness (QED) is 0.459. The SMILES string of the molecule is CC(C)C(=O)Oc1ccc(/C=C2/N=C(c3ccccc3Cl)OC2=O)cc1. The van der Waals surface area contributed by atoms with Crippen LogP contribution in [0.15, 0.2) is 59.2 Å². The van der Waals surface area contributed by atoms with Gasteiger partial charge in [-0.3, -0.25) is 4.79 Å². The predicted molar refractivity (Wildman–Crippen MR) is 99.0 cm³/mol. The van der Waals surface area contributed by atoms with Crippen molar-refractivity contribution in [1.82, 2.24) is 0 Å². The number of cyclic esters (lactones) is 1. The summed E-state index contributed by atoms with van der Waals surface area (Å²) in [6.07, 6.45) is 1.60. The number of rotatable bonds is 4. The summed E-state index contributed by atoms with van der Waals surface area (Å²) in [4.78, 5) is 27.9. The van der Waals surface area contributed by atoms with E-state index in [4.69, 9.17) is 21.1 Å². The molecule has 0 saturated carbocycles. The van der Waals surface area contributed by atoms with E-state index in [0.29, 0.717) is 16.3 Å². The van der Waals surface area contributed by atoms with Gasteiger partial charge in [0, 0.05) is 0 Å². The molecule has 0 fully saturated rings. The molecule has 132 valence electrons. The van der Waals surface area contributed by atoms with E-state index in [9.17, 15) is 9.59 Å². The van der Waals surface area contributed by atoms with E-state index in [2.05, 4.69) is 4.99 Å². The van der Waals surface area contributed by atoms with Crippen molar-refractivity contribution in [1.29, 1.82) is 0 Å². The number of nitrogens with zero attached hydrogens (tertiary/aromatic N) is 1. The molecule has 0 N–H and O–H groups in total. The van der Waals surface area contributed by atoms with Gasteiger partial charge in [0.2, 0.25) is 5.90 Å². The van der Waals surface area contributed by atoms with E-state index in [-0.39, 0.29) is 23.5 Å². The van der Waals surface area contributed by atoms with Gasteiger partial charge in [-0.05, 0) is 35.9 Å². The van der Waals surface area contributed by atoms with Gasteiger partial charge in [-0.2, -0.15) is 0 Å². The van der Waals surface area contributed by atoms with Crippen molar-refractivity contribution in [3.63, 3.8) is 0 Å². The van der Waals surface area contributed by atoms with Gasteiger partial charge in [0.25, 0.3) is 0 Å². The van der Waals surface area contributed by atoms with Gasteiger partial charge >= 0.3 is 11.9 Å². The molecule has 0 bridgehead atoms. The van der Waals surface area contributed by atoms with Crippen molar-refractivity contribution in [2.75, 3.05) is 0 Å². The maximum Gasteiger partial charge on any atom is 0.363 e. The fourth-order valence-corrected chi connectivity index (χ4v) is 2.40. The third kappa shape index (κ3) is 4.00. The topological polar surface area (TPSA) is 65.0 Å². The second kappa shape index (κ2) is 7.54. The van der Waals surface area contributed by atoms with Crippen LogP contribution >= 0.6 is 11.6 Å². The van der Waals surface area contributed by atoms with E-state index in [1.165, 1.54) is 0 Å². The first-order valence-electron chi connectivity index (χ1n) is 8.03. The monoisotopic (exact) mass is 369 g/mol. The molecule has 0 aliphatic carbocycles. The Labute approximate surface area is 155 Å². The molecule has 1 aliphatic rings. The zero-order chi connectivity index (χ0) is 18.7.